The molecule has 2 N–H and O–H groups in total. The topological polar surface area (TPSA) is 58.9 Å². The second-order valence-electron chi connectivity index (χ2n) is 2.24. The van der Waals surface area contributed by atoms with Crippen molar-refractivity contribution in [1.82, 2.24) is 0 Å². The van der Waals surface area contributed by atoms with Crippen LogP contribution in [0.3, 0.4) is 0 Å². The molecule has 0 atom stereocenters. The van der Waals surface area contributed by atoms with Crippen LogP contribution in [0.1, 0.15) is 0 Å². The number of hydrogen-bond acceptors (Lipinski definition) is 4. The molecule has 13 heavy (non-hydrogen) atoms. The van der Waals surface area contributed by atoms with E-state index in [9.17, 15) is 0 Å². The van der Waals surface area contributed by atoms with Crippen LogP contribution in [0.5, 0.6) is 11.5 Å². The second-order valence-corrected chi connectivity index (χ2v) is 2.65. The Balaban J connectivity index is 2.83. The molecule has 0 aliphatic heterocycles. The molecule has 1 aromatic carbocycles. The number of benzene rings is 1. The molecule has 0 unspecified atom stereocenters. The van der Waals surface area contributed by atoms with Gasteiger partial charge in [0.15, 0.2) is 0 Å². The van der Waals surface area contributed by atoms with Gasteiger partial charge < -0.3 is 19.4 Å². The summed E-state index contributed by atoms with van der Waals surface area (Å²) in [5.74, 6) is 0.766. The zero-order valence-corrected chi connectivity index (χ0v) is 7.65. The van der Waals surface area contributed by atoms with Gasteiger partial charge in [-0.2, -0.15) is 0 Å². The number of halogens is 1. The summed E-state index contributed by atoms with van der Waals surface area (Å²) in [5.41, 5.74) is 0. The van der Waals surface area contributed by atoms with Gasteiger partial charge in [-0.15, -0.1) is 0 Å². The third-order valence-electron chi connectivity index (χ3n) is 1.36. The first-order valence-corrected chi connectivity index (χ1v) is 3.87. The van der Waals surface area contributed by atoms with E-state index < -0.39 is 7.32 Å². The van der Waals surface area contributed by atoms with Gasteiger partial charge in [0.1, 0.15) is 11.5 Å². The Labute approximate surface area is 80.8 Å². The maximum absolute atomic E-state index is 8.48. The molecule has 0 bridgehead atoms. The highest BCUT2D eigenvalue weighted by atomic mass is 35.5. The van der Waals surface area contributed by atoms with Crippen LogP contribution in [0.2, 0.25) is 5.02 Å². The maximum atomic E-state index is 8.48. The first-order chi connectivity index (χ1) is 6.13. The lowest BCUT2D eigenvalue weighted by Gasteiger charge is -2.07. The number of ether oxygens (including phenoxy) is 1. The summed E-state index contributed by atoms with van der Waals surface area (Å²) in [5, 5.41) is 17.3. The van der Waals surface area contributed by atoms with E-state index in [1.54, 1.807) is 6.07 Å². The second kappa shape index (κ2) is 4.36. The van der Waals surface area contributed by atoms with Crippen molar-refractivity contribution in [3.05, 3.63) is 23.2 Å². The molecule has 70 valence electrons. The summed E-state index contributed by atoms with van der Waals surface area (Å²) in [6.07, 6.45) is 0. The van der Waals surface area contributed by atoms with E-state index in [2.05, 4.69) is 4.65 Å². The molecule has 0 aliphatic carbocycles. The Kier molecular flexibility index (Phi) is 3.42. The van der Waals surface area contributed by atoms with Crippen molar-refractivity contribution in [2.45, 2.75) is 0 Å². The van der Waals surface area contributed by atoms with Crippen LogP contribution in [0.15, 0.2) is 18.2 Å². The maximum Gasteiger partial charge on any atom is 0.707 e. The average molecular weight is 202 g/mol. The Bertz CT molecular complexity index is 292. The van der Waals surface area contributed by atoms with Gasteiger partial charge in [-0.1, -0.05) is 11.6 Å². The third kappa shape index (κ3) is 2.80. The predicted octanol–water partition coefficient (Wildman–Crippen LogP) is 0.697. The van der Waals surface area contributed by atoms with Gasteiger partial charge in [0.25, 0.3) is 0 Å². The molecule has 0 amide bonds. The van der Waals surface area contributed by atoms with Gasteiger partial charge in [0, 0.05) is 6.07 Å². The highest BCUT2D eigenvalue weighted by Crippen LogP contribution is 2.28. The van der Waals surface area contributed by atoms with E-state index in [0.29, 0.717) is 10.8 Å². The molecule has 0 aromatic heterocycles. The zero-order valence-electron chi connectivity index (χ0n) is 6.90. The first kappa shape index (κ1) is 10.2. The minimum atomic E-state index is -1.84. The predicted molar refractivity (Wildman–Crippen MR) is 48.8 cm³/mol. The minimum Gasteiger partial charge on any atom is -0.512 e. The van der Waals surface area contributed by atoms with Gasteiger partial charge in [-0.05, 0) is 12.1 Å². The average Bonchev–Trinajstić information content (AvgIpc) is 2.03. The van der Waals surface area contributed by atoms with Crippen LogP contribution in [-0.2, 0) is 0 Å². The van der Waals surface area contributed by atoms with Gasteiger partial charge in [-0.25, -0.2) is 0 Å². The van der Waals surface area contributed by atoms with Crippen molar-refractivity contribution in [3.63, 3.8) is 0 Å². The standard InChI is InChI=1S/C7H8BClO4/c1-12-7-3-2-5(4-6(7)9)13-8(10)11/h2-4,10-11H,1H3. The molecule has 0 fully saturated rings. The van der Waals surface area contributed by atoms with Crippen molar-refractivity contribution in [3.8, 4) is 11.5 Å². The fraction of sp³-hybridized carbons (Fsp3) is 0.143. The molecule has 1 rings (SSSR count). The van der Waals surface area contributed by atoms with Gasteiger partial charge in [0.05, 0.1) is 12.1 Å². The van der Waals surface area contributed by atoms with Crippen molar-refractivity contribution in [2.24, 2.45) is 0 Å². The van der Waals surface area contributed by atoms with Gasteiger partial charge in [0.2, 0.25) is 0 Å². The van der Waals surface area contributed by atoms with E-state index in [1.165, 1.54) is 19.2 Å². The zero-order chi connectivity index (χ0) is 9.84. The Morgan fingerprint density at radius 3 is 2.54 bits per heavy atom. The van der Waals surface area contributed by atoms with Crippen molar-refractivity contribution >= 4 is 18.9 Å². The summed E-state index contributed by atoms with van der Waals surface area (Å²) in [7, 11) is -0.354. The highest BCUT2D eigenvalue weighted by molar-refractivity contribution is 6.34. The Hall–Kier alpha value is -0.905. The Morgan fingerprint density at radius 2 is 2.08 bits per heavy atom. The molecule has 0 saturated heterocycles. The normalized spacial score (nSPS) is 9.54. The fourth-order valence-corrected chi connectivity index (χ4v) is 1.09. The van der Waals surface area contributed by atoms with Crippen LogP contribution in [0.4, 0.5) is 0 Å². The highest BCUT2D eigenvalue weighted by Gasteiger charge is 2.12. The lowest BCUT2D eigenvalue weighted by molar-refractivity contribution is 0.288. The van der Waals surface area contributed by atoms with Crippen molar-refractivity contribution in [2.75, 3.05) is 7.11 Å². The molecular weight excluding hydrogens is 194 g/mol. The Morgan fingerprint density at radius 1 is 1.38 bits per heavy atom. The van der Waals surface area contributed by atoms with E-state index in [0.717, 1.165) is 0 Å². The summed E-state index contributed by atoms with van der Waals surface area (Å²) in [6, 6.07) is 4.52. The van der Waals surface area contributed by atoms with Crippen LogP contribution < -0.4 is 9.39 Å². The quantitative estimate of drug-likeness (QED) is 0.708. The molecule has 4 nitrogen and oxygen atoms in total. The summed E-state index contributed by atoms with van der Waals surface area (Å²) >= 11 is 5.74. The number of rotatable bonds is 3. The molecular formula is C7H8BClO4. The van der Waals surface area contributed by atoms with Crippen LogP contribution in [-0.4, -0.2) is 24.5 Å². The number of methoxy groups -OCH3 is 1. The fourth-order valence-electron chi connectivity index (χ4n) is 0.842. The van der Waals surface area contributed by atoms with Gasteiger partial charge >= 0.3 is 7.32 Å². The van der Waals surface area contributed by atoms with E-state index in [4.69, 9.17) is 26.4 Å². The summed E-state index contributed by atoms with van der Waals surface area (Å²) < 4.78 is 9.46. The monoisotopic (exact) mass is 202 g/mol. The molecule has 0 spiro atoms. The lowest BCUT2D eigenvalue weighted by atomic mass is 10.2. The molecule has 0 saturated carbocycles. The SMILES string of the molecule is COc1ccc(OB(O)O)cc1Cl. The summed E-state index contributed by atoms with van der Waals surface area (Å²) in [4.78, 5) is 0. The van der Waals surface area contributed by atoms with Crippen molar-refractivity contribution in [1.29, 1.82) is 0 Å². The van der Waals surface area contributed by atoms with E-state index in [-0.39, 0.29) is 5.75 Å². The van der Waals surface area contributed by atoms with E-state index >= 15 is 0 Å². The van der Waals surface area contributed by atoms with Crippen molar-refractivity contribution < 1.29 is 19.4 Å². The smallest absolute Gasteiger partial charge is 0.512 e. The first-order valence-electron chi connectivity index (χ1n) is 3.50. The molecule has 0 aliphatic rings. The van der Waals surface area contributed by atoms with Crippen LogP contribution >= 0.6 is 11.6 Å². The molecule has 1 aromatic rings. The number of hydrogen-bond donors (Lipinski definition) is 2. The minimum absolute atomic E-state index is 0.265. The lowest BCUT2D eigenvalue weighted by Crippen LogP contribution is -2.20. The van der Waals surface area contributed by atoms with Crippen LogP contribution in [0.25, 0.3) is 0 Å². The summed E-state index contributed by atoms with van der Waals surface area (Å²) in [6.45, 7) is 0. The molecule has 0 radical (unpaired) electrons. The van der Waals surface area contributed by atoms with Gasteiger partial charge in [-0.3, -0.25) is 0 Å². The van der Waals surface area contributed by atoms with Crippen LogP contribution in [0, 0.1) is 0 Å². The molecule has 6 heteroatoms. The largest absolute Gasteiger partial charge is 0.707 e. The molecule has 0 heterocycles. The van der Waals surface area contributed by atoms with E-state index in [1.807, 2.05) is 0 Å². The third-order valence-corrected chi connectivity index (χ3v) is 1.66.